The molecule has 0 fully saturated rings. The molecule has 0 aliphatic carbocycles. The molecule has 7 amide bonds. The summed E-state index contributed by atoms with van der Waals surface area (Å²) in [5.41, 5.74) is 29.9. The maximum atomic E-state index is 14.6. The molecule has 0 aromatic heterocycles. The predicted octanol–water partition coefficient (Wildman–Crippen LogP) is 0.727. The maximum absolute atomic E-state index is 14.6. The van der Waals surface area contributed by atoms with Crippen LogP contribution in [0.4, 0.5) is 0 Å². The standard InChI is InChI=1S/C54H89N13O9/c1-33(2)28-41(63-48(70)39(23-14-16-26-56)62-47(69)40(24-17-27-60-54(58)59)61-46(68)38(57)22-13-15-25-55)49(71)65-43(31-36-18-9-7-10-19-36)51(73)64-42(29-34(3)4)50(72)66-44(32-37-20-11-8-12-21-37)52(74)67-45(53(75)76)30-35(5)6/h7-12,18-21,33-35,38-45H,13-17,22-32,55-57H2,1-6H3,(H,61,68)(H,62,69)(H,63,70)(H,64,73)(H,65,71)(H,66,72)(H,67,74)(H,75,76)(H4,58,59,60)/t38-,39-,40+,41+,42+,43-,44-,45+/m0/s1. The van der Waals surface area contributed by atoms with E-state index in [1.54, 1.807) is 60.7 Å². The number of hydrogen-bond acceptors (Lipinski definition) is 12. The van der Waals surface area contributed by atoms with E-state index in [9.17, 15) is 43.5 Å². The Morgan fingerprint density at radius 2 is 0.776 bits per heavy atom. The van der Waals surface area contributed by atoms with Gasteiger partial charge in [-0.3, -0.25) is 38.6 Å². The zero-order valence-electron chi connectivity index (χ0n) is 45.5. The summed E-state index contributed by atoms with van der Waals surface area (Å²) in [6.45, 7) is 12.0. The minimum Gasteiger partial charge on any atom is -0.480 e. The van der Waals surface area contributed by atoms with Crippen LogP contribution in [0.25, 0.3) is 0 Å². The first-order valence-corrected chi connectivity index (χ1v) is 26.7. The van der Waals surface area contributed by atoms with Crippen molar-refractivity contribution in [3.8, 4) is 0 Å². The highest BCUT2D eigenvalue weighted by atomic mass is 16.4. The van der Waals surface area contributed by atoms with Crippen LogP contribution >= 0.6 is 0 Å². The summed E-state index contributed by atoms with van der Waals surface area (Å²) < 4.78 is 0. The van der Waals surface area contributed by atoms with Crippen molar-refractivity contribution in [2.75, 3.05) is 19.6 Å². The van der Waals surface area contributed by atoms with Crippen molar-refractivity contribution in [2.24, 2.45) is 51.4 Å². The van der Waals surface area contributed by atoms with Gasteiger partial charge in [-0.2, -0.15) is 0 Å². The largest absolute Gasteiger partial charge is 0.480 e. The second-order valence-corrected chi connectivity index (χ2v) is 20.7. The number of benzene rings is 2. The first kappa shape index (κ1) is 65.5. The molecule has 0 bridgehead atoms. The van der Waals surface area contributed by atoms with Crippen LogP contribution < -0.4 is 65.9 Å². The fourth-order valence-corrected chi connectivity index (χ4v) is 8.30. The van der Waals surface area contributed by atoms with E-state index in [0.717, 1.165) is 0 Å². The highest BCUT2D eigenvalue weighted by Gasteiger charge is 2.35. The van der Waals surface area contributed by atoms with Gasteiger partial charge in [0, 0.05) is 19.4 Å². The maximum Gasteiger partial charge on any atom is 0.326 e. The normalized spacial score (nSPS) is 14.4. The fraction of sp³-hybridized carbons (Fsp3) is 0.611. The molecule has 2 rings (SSSR count). The Bertz CT molecular complexity index is 2140. The first-order chi connectivity index (χ1) is 36.0. The van der Waals surface area contributed by atoms with Crippen LogP contribution in [0.1, 0.15) is 123 Å². The molecular formula is C54H89N13O9. The number of carbonyl (C=O) groups excluding carboxylic acids is 7. The van der Waals surface area contributed by atoms with Gasteiger partial charge in [-0.1, -0.05) is 109 Å². The number of guanidine groups is 1. The van der Waals surface area contributed by atoms with E-state index >= 15 is 0 Å². The second-order valence-electron chi connectivity index (χ2n) is 20.7. The quantitative estimate of drug-likeness (QED) is 0.0252. The summed E-state index contributed by atoms with van der Waals surface area (Å²) in [7, 11) is 0. The summed E-state index contributed by atoms with van der Waals surface area (Å²) in [5.74, 6) is -6.51. The first-order valence-electron chi connectivity index (χ1n) is 26.7. The average molecular weight is 1060 g/mol. The molecule has 8 atom stereocenters. The van der Waals surface area contributed by atoms with Crippen molar-refractivity contribution < 1.29 is 43.5 Å². The average Bonchev–Trinajstić information content (AvgIpc) is 3.35. The molecule has 0 aliphatic heterocycles. The monoisotopic (exact) mass is 1060 g/mol. The van der Waals surface area contributed by atoms with E-state index < -0.39 is 95.7 Å². The third-order valence-corrected chi connectivity index (χ3v) is 12.3. The van der Waals surface area contributed by atoms with Gasteiger partial charge in [0.25, 0.3) is 0 Å². The molecule has 2 aromatic carbocycles. The zero-order chi connectivity index (χ0) is 56.7. The number of amides is 7. The molecule has 18 N–H and O–H groups in total. The lowest BCUT2D eigenvalue weighted by Crippen LogP contribution is -2.60. The van der Waals surface area contributed by atoms with E-state index in [1.165, 1.54) is 0 Å². The Morgan fingerprint density at radius 1 is 0.447 bits per heavy atom. The number of carboxylic acids is 1. The van der Waals surface area contributed by atoms with Crippen LogP contribution in [0.2, 0.25) is 0 Å². The highest BCUT2D eigenvalue weighted by molar-refractivity contribution is 5.97. The van der Waals surface area contributed by atoms with E-state index in [4.69, 9.17) is 28.7 Å². The van der Waals surface area contributed by atoms with Crippen LogP contribution in [-0.4, -0.2) is 126 Å². The molecule has 2 aromatic rings. The van der Waals surface area contributed by atoms with Crippen molar-refractivity contribution in [2.45, 2.75) is 173 Å². The Morgan fingerprint density at radius 3 is 1.17 bits per heavy atom. The Kier molecular flexibility index (Phi) is 30.6. The van der Waals surface area contributed by atoms with Gasteiger partial charge >= 0.3 is 5.97 Å². The van der Waals surface area contributed by atoms with Crippen LogP contribution in [0.3, 0.4) is 0 Å². The molecule has 0 heterocycles. The van der Waals surface area contributed by atoms with Crippen LogP contribution in [0.15, 0.2) is 65.7 Å². The summed E-state index contributed by atoms with van der Waals surface area (Å²) in [6.07, 6.45) is 3.45. The molecule has 424 valence electrons. The lowest BCUT2D eigenvalue weighted by molar-refractivity contribution is -0.142. The lowest BCUT2D eigenvalue weighted by Gasteiger charge is -2.29. The number of nitrogens with one attached hydrogen (secondary N) is 7. The summed E-state index contributed by atoms with van der Waals surface area (Å²) >= 11 is 0. The van der Waals surface area contributed by atoms with Gasteiger partial charge in [-0.25, -0.2) is 4.79 Å². The summed E-state index contributed by atoms with van der Waals surface area (Å²) in [5, 5.41) is 29.3. The third kappa shape index (κ3) is 26.2. The van der Waals surface area contributed by atoms with Gasteiger partial charge in [0.15, 0.2) is 5.96 Å². The van der Waals surface area contributed by atoms with Crippen molar-refractivity contribution in [1.29, 1.82) is 0 Å². The van der Waals surface area contributed by atoms with Gasteiger partial charge < -0.3 is 71.0 Å². The lowest BCUT2D eigenvalue weighted by atomic mass is 9.98. The van der Waals surface area contributed by atoms with E-state index in [2.05, 4.69) is 42.2 Å². The highest BCUT2D eigenvalue weighted by Crippen LogP contribution is 2.14. The van der Waals surface area contributed by atoms with Gasteiger partial charge in [0.2, 0.25) is 41.4 Å². The molecule has 0 aliphatic rings. The molecule has 0 unspecified atom stereocenters. The van der Waals surface area contributed by atoms with Crippen molar-refractivity contribution in [3.63, 3.8) is 0 Å². The Hall–Kier alpha value is -6.65. The summed E-state index contributed by atoms with van der Waals surface area (Å²) in [6, 6.07) is 8.38. The number of hydrogen-bond donors (Lipinski definition) is 13. The van der Waals surface area contributed by atoms with Gasteiger partial charge in [0.1, 0.15) is 42.3 Å². The van der Waals surface area contributed by atoms with E-state index in [-0.39, 0.29) is 75.2 Å². The van der Waals surface area contributed by atoms with Crippen molar-refractivity contribution >= 4 is 53.3 Å². The van der Waals surface area contributed by atoms with Crippen molar-refractivity contribution in [3.05, 3.63) is 71.8 Å². The molecular weight excluding hydrogens is 975 g/mol. The second kappa shape index (κ2) is 35.6. The molecule has 22 heteroatoms. The number of carboxylic acid groups (broad SMARTS) is 1. The molecule has 0 saturated heterocycles. The SMILES string of the molecule is CC(C)C[C@@H](NC(=O)[C@H](Cc1ccccc1)NC(=O)[C@@H](CC(C)C)NC(=O)[C@H](Cc1ccccc1)NC(=O)[C@@H](CC(C)C)NC(=O)[C@H](CCCCN)NC(=O)[C@@H](CCCN=C(N)N)NC(=O)[C@@H](N)CCCCN)C(=O)O. The summed E-state index contributed by atoms with van der Waals surface area (Å²) in [4.78, 5) is 115. The minimum absolute atomic E-state index is 0.0184. The van der Waals surface area contributed by atoms with Crippen LogP contribution in [-0.2, 0) is 51.2 Å². The van der Waals surface area contributed by atoms with Gasteiger partial charge in [-0.05, 0) is 106 Å². The number of carbonyl (C=O) groups is 8. The topological polar surface area (TPSA) is 383 Å². The number of aliphatic imine (C=N–C) groups is 1. The van der Waals surface area contributed by atoms with E-state index in [0.29, 0.717) is 62.7 Å². The van der Waals surface area contributed by atoms with Gasteiger partial charge in [-0.15, -0.1) is 0 Å². The number of aliphatic carboxylic acids is 1. The van der Waals surface area contributed by atoms with Crippen LogP contribution in [0, 0.1) is 17.8 Å². The zero-order valence-corrected chi connectivity index (χ0v) is 45.5. The Labute approximate surface area is 448 Å². The van der Waals surface area contributed by atoms with Gasteiger partial charge in [0.05, 0.1) is 6.04 Å². The molecule has 0 saturated carbocycles. The molecule has 0 spiro atoms. The molecule has 0 radical (unpaired) electrons. The predicted molar refractivity (Wildman–Crippen MR) is 294 cm³/mol. The minimum atomic E-state index is -1.29. The van der Waals surface area contributed by atoms with Crippen molar-refractivity contribution in [1.82, 2.24) is 37.2 Å². The van der Waals surface area contributed by atoms with Crippen LogP contribution in [0.5, 0.6) is 0 Å². The number of nitrogens with zero attached hydrogens (tertiary/aromatic N) is 1. The number of rotatable bonds is 37. The van der Waals surface area contributed by atoms with E-state index in [1.807, 2.05) is 41.5 Å². The fourth-order valence-electron chi connectivity index (χ4n) is 8.30. The molecule has 76 heavy (non-hydrogen) atoms. The third-order valence-electron chi connectivity index (χ3n) is 12.3. The number of nitrogens with two attached hydrogens (primary N) is 5. The molecule has 22 nitrogen and oxygen atoms in total. The smallest absolute Gasteiger partial charge is 0.326 e. The number of unbranched alkanes of at least 4 members (excludes halogenated alkanes) is 2. The Balaban J connectivity index is 2.50.